The number of benzene rings is 2. The maximum atomic E-state index is 14.2. The van der Waals surface area contributed by atoms with Crippen LogP contribution >= 0.6 is 0 Å². The first-order chi connectivity index (χ1) is 13.4. The highest BCUT2D eigenvalue weighted by molar-refractivity contribution is 5.95. The molecule has 0 fully saturated rings. The molecule has 0 radical (unpaired) electrons. The van der Waals surface area contributed by atoms with Gasteiger partial charge in [0.2, 0.25) is 0 Å². The quantitative estimate of drug-likeness (QED) is 0.600. The van der Waals surface area contributed by atoms with E-state index < -0.39 is 29.0 Å². The lowest BCUT2D eigenvalue weighted by Gasteiger charge is -2.10. The third kappa shape index (κ3) is 4.54. The predicted octanol–water partition coefficient (Wildman–Crippen LogP) is 4.63. The van der Waals surface area contributed by atoms with Crippen LogP contribution in [0.3, 0.4) is 0 Å². The van der Waals surface area contributed by atoms with Crippen LogP contribution in [0.25, 0.3) is 0 Å². The van der Waals surface area contributed by atoms with E-state index in [4.69, 9.17) is 0 Å². The number of nitrogens with zero attached hydrogens (tertiary/aromatic N) is 2. The first-order valence-corrected chi connectivity index (χ1v) is 8.50. The third-order valence-corrected chi connectivity index (χ3v) is 4.15. The second kappa shape index (κ2) is 8.21. The highest BCUT2D eigenvalue weighted by Gasteiger charge is 2.35. The van der Waals surface area contributed by atoms with Crippen LogP contribution in [0.5, 0.6) is 0 Å². The summed E-state index contributed by atoms with van der Waals surface area (Å²) in [5.41, 5.74) is -0.882. The molecule has 1 amide bonds. The van der Waals surface area contributed by atoms with E-state index in [0.717, 1.165) is 17.7 Å². The molecule has 3 rings (SSSR count). The molecule has 0 aliphatic carbocycles. The molecule has 0 spiro atoms. The highest BCUT2D eigenvalue weighted by Crippen LogP contribution is 2.32. The number of rotatable bonds is 4. The van der Waals surface area contributed by atoms with Crippen molar-refractivity contribution in [1.29, 1.82) is 0 Å². The average molecular weight is 388 g/mol. The second-order valence-corrected chi connectivity index (χ2v) is 6.07. The van der Waals surface area contributed by atoms with Crippen molar-refractivity contribution in [2.45, 2.75) is 19.1 Å². The van der Waals surface area contributed by atoms with Gasteiger partial charge in [-0.05, 0) is 36.2 Å². The van der Waals surface area contributed by atoms with E-state index in [1.54, 1.807) is 29.0 Å². The number of carbonyl (C=O) groups excluding carboxylic acids is 1. The third-order valence-electron chi connectivity index (χ3n) is 4.15. The Morgan fingerprint density at radius 2 is 1.64 bits per heavy atom. The van der Waals surface area contributed by atoms with Crippen LogP contribution in [0.1, 0.15) is 21.5 Å². The second-order valence-electron chi connectivity index (χ2n) is 6.07. The van der Waals surface area contributed by atoms with Crippen molar-refractivity contribution in [3.8, 4) is 0 Å². The molecular weight excluding hydrogens is 372 g/mol. The number of hydrogen-bond donors (Lipinski definition) is 0. The van der Waals surface area contributed by atoms with Gasteiger partial charge in [0.25, 0.3) is 5.91 Å². The van der Waals surface area contributed by atoms with E-state index in [1.807, 2.05) is 30.3 Å². The minimum Gasteiger partial charge on any atom is -0.333 e. The molecule has 28 heavy (non-hydrogen) atoms. The minimum atomic E-state index is -4.89. The van der Waals surface area contributed by atoms with Crippen LogP contribution in [0.4, 0.5) is 17.6 Å². The zero-order chi connectivity index (χ0) is 20.1. The lowest BCUT2D eigenvalue weighted by atomic mass is 10.1. The Hall–Kier alpha value is -3.22. The molecule has 3 nitrogen and oxygen atoms in total. The van der Waals surface area contributed by atoms with Crippen molar-refractivity contribution in [3.05, 3.63) is 101 Å². The molecule has 1 heterocycles. The van der Waals surface area contributed by atoms with E-state index in [1.165, 1.54) is 0 Å². The first kappa shape index (κ1) is 19.5. The molecule has 0 aliphatic heterocycles. The van der Waals surface area contributed by atoms with E-state index in [0.29, 0.717) is 19.0 Å². The summed E-state index contributed by atoms with van der Waals surface area (Å²) in [6.45, 7) is 0.502. The fraction of sp³-hybridized carbons (Fsp3) is 0.143. The van der Waals surface area contributed by atoms with Crippen molar-refractivity contribution in [2.24, 2.45) is 4.99 Å². The Morgan fingerprint density at radius 3 is 2.36 bits per heavy atom. The Bertz CT molecular complexity index is 1040. The number of aromatic nitrogens is 1. The SMILES string of the molecule is O=C(/N=c1\ccccn1CCc1ccccc1)c1cccc(C(F)(F)F)c1F. The number of halogens is 4. The van der Waals surface area contributed by atoms with Gasteiger partial charge >= 0.3 is 6.18 Å². The van der Waals surface area contributed by atoms with Crippen LogP contribution in [0.15, 0.2) is 77.9 Å². The van der Waals surface area contributed by atoms with Gasteiger partial charge in [-0.25, -0.2) is 4.39 Å². The smallest absolute Gasteiger partial charge is 0.333 e. The molecular formula is C21H16F4N2O. The van der Waals surface area contributed by atoms with Crippen molar-refractivity contribution in [3.63, 3.8) is 0 Å². The maximum absolute atomic E-state index is 14.2. The molecule has 3 aromatic rings. The lowest BCUT2D eigenvalue weighted by molar-refractivity contribution is -0.140. The number of carbonyl (C=O) groups is 1. The van der Waals surface area contributed by atoms with E-state index >= 15 is 0 Å². The summed E-state index contributed by atoms with van der Waals surface area (Å²) >= 11 is 0. The molecule has 0 aliphatic rings. The van der Waals surface area contributed by atoms with Gasteiger partial charge < -0.3 is 4.57 Å². The molecule has 0 unspecified atom stereocenters. The Balaban J connectivity index is 1.91. The van der Waals surface area contributed by atoms with Gasteiger partial charge in [0.05, 0.1) is 11.1 Å². The van der Waals surface area contributed by atoms with Crippen LogP contribution in [0, 0.1) is 5.82 Å². The Kier molecular flexibility index (Phi) is 5.73. The van der Waals surface area contributed by atoms with Gasteiger partial charge in [0.15, 0.2) is 0 Å². The van der Waals surface area contributed by atoms with Crippen LogP contribution in [-0.2, 0) is 19.1 Å². The van der Waals surface area contributed by atoms with Gasteiger partial charge in [0, 0.05) is 12.7 Å². The van der Waals surface area contributed by atoms with E-state index in [9.17, 15) is 22.4 Å². The topological polar surface area (TPSA) is 34.4 Å². The molecule has 0 bridgehead atoms. The summed E-state index contributed by atoms with van der Waals surface area (Å²) in [6.07, 6.45) is -2.51. The lowest BCUT2D eigenvalue weighted by Crippen LogP contribution is -2.23. The monoisotopic (exact) mass is 388 g/mol. The Morgan fingerprint density at radius 1 is 0.929 bits per heavy atom. The number of aryl methyl sites for hydroxylation is 2. The number of amides is 1. The number of alkyl halides is 3. The summed E-state index contributed by atoms with van der Waals surface area (Å²) in [5.74, 6) is -2.68. The minimum absolute atomic E-state index is 0.236. The van der Waals surface area contributed by atoms with Crippen molar-refractivity contribution in [2.75, 3.05) is 0 Å². The first-order valence-electron chi connectivity index (χ1n) is 8.50. The largest absolute Gasteiger partial charge is 0.419 e. The van der Waals surface area contributed by atoms with Crippen LogP contribution < -0.4 is 5.49 Å². The van der Waals surface area contributed by atoms with Gasteiger partial charge in [0.1, 0.15) is 11.3 Å². The Labute approximate surface area is 158 Å². The summed E-state index contributed by atoms with van der Waals surface area (Å²) < 4.78 is 54.5. The number of pyridine rings is 1. The molecule has 7 heteroatoms. The fourth-order valence-electron chi connectivity index (χ4n) is 2.73. The van der Waals surface area contributed by atoms with E-state index in [2.05, 4.69) is 4.99 Å². The van der Waals surface area contributed by atoms with Gasteiger partial charge in [-0.2, -0.15) is 18.2 Å². The standard InChI is InChI=1S/C21H16F4N2O/c22-19-16(9-6-10-17(19)21(23,24)25)20(28)26-18-11-4-5-13-27(18)14-12-15-7-2-1-3-8-15/h1-11,13H,12,14H2/b26-18+. The molecule has 1 aromatic heterocycles. The molecule has 0 N–H and O–H groups in total. The van der Waals surface area contributed by atoms with Gasteiger partial charge in [-0.3, -0.25) is 4.79 Å². The molecule has 0 atom stereocenters. The maximum Gasteiger partial charge on any atom is 0.419 e. The van der Waals surface area contributed by atoms with Crippen LogP contribution in [0.2, 0.25) is 0 Å². The normalized spacial score (nSPS) is 12.2. The van der Waals surface area contributed by atoms with Crippen molar-refractivity contribution in [1.82, 2.24) is 4.57 Å². The molecule has 0 saturated carbocycles. The van der Waals surface area contributed by atoms with Crippen molar-refractivity contribution >= 4 is 5.91 Å². The predicted molar refractivity (Wildman–Crippen MR) is 95.9 cm³/mol. The molecule has 2 aromatic carbocycles. The zero-order valence-electron chi connectivity index (χ0n) is 14.7. The zero-order valence-corrected chi connectivity index (χ0v) is 14.7. The molecule has 144 valence electrons. The molecule has 0 saturated heterocycles. The fourth-order valence-corrected chi connectivity index (χ4v) is 2.73. The highest BCUT2D eigenvalue weighted by atomic mass is 19.4. The summed E-state index contributed by atoms with van der Waals surface area (Å²) in [4.78, 5) is 16.2. The summed E-state index contributed by atoms with van der Waals surface area (Å²) in [7, 11) is 0. The summed E-state index contributed by atoms with van der Waals surface area (Å²) in [6, 6.07) is 17.2. The van der Waals surface area contributed by atoms with Gasteiger partial charge in [-0.1, -0.05) is 42.5 Å². The van der Waals surface area contributed by atoms with Gasteiger partial charge in [-0.15, -0.1) is 0 Å². The number of hydrogen-bond acceptors (Lipinski definition) is 1. The van der Waals surface area contributed by atoms with Crippen LogP contribution in [-0.4, -0.2) is 10.5 Å². The summed E-state index contributed by atoms with van der Waals surface area (Å²) in [5, 5.41) is 0. The van der Waals surface area contributed by atoms with Crippen molar-refractivity contribution < 1.29 is 22.4 Å². The van der Waals surface area contributed by atoms with E-state index in [-0.39, 0.29) is 5.49 Å². The average Bonchev–Trinajstić information content (AvgIpc) is 2.67.